The molecule has 4 aromatic rings. The van der Waals surface area contributed by atoms with Crippen LogP contribution in [0.3, 0.4) is 0 Å². The molecule has 0 spiro atoms. The van der Waals surface area contributed by atoms with E-state index in [4.69, 9.17) is 0 Å². The Bertz CT molecular complexity index is 1240. The third-order valence-electron chi connectivity index (χ3n) is 5.55. The first kappa shape index (κ1) is 20.1. The molecule has 7 heteroatoms. The van der Waals surface area contributed by atoms with E-state index in [1.807, 2.05) is 48.7 Å². The molecule has 160 valence electrons. The second-order valence-electron chi connectivity index (χ2n) is 8.05. The van der Waals surface area contributed by atoms with Crippen LogP contribution in [-0.2, 0) is 6.42 Å². The summed E-state index contributed by atoms with van der Waals surface area (Å²) in [4.78, 5) is 21.7. The van der Waals surface area contributed by atoms with Gasteiger partial charge in [0.1, 0.15) is 12.0 Å². The SMILES string of the molecule is CCCc1ccc(-c2ccnc(C(=O)Nc3cccc(-c4nncn4C4CC4)c3)c2)cn1. The maximum absolute atomic E-state index is 12.9. The van der Waals surface area contributed by atoms with Crippen LogP contribution < -0.4 is 5.32 Å². The van der Waals surface area contributed by atoms with Crippen molar-refractivity contribution in [3.63, 3.8) is 0 Å². The zero-order valence-electron chi connectivity index (χ0n) is 17.9. The fourth-order valence-electron chi connectivity index (χ4n) is 3.73. The van der Waals surface area contributed by atoms with E-state index in [0.29, 0.717) is 17.4 Å². The van der Waals surface area contributed by atoms with E-state index < -0.39 is 0 Å². The summed E-state index contributed by atoms with van der Waals surface area (Å²) in [7, 11) is 0. The first-order chi connectivity index (χ1) is 15.7. The maximum atomic E-state index is 12.9. The van der Waals surface area contributed by atoms with E-state index in [0.717, 1.165) is 53.9 Å². The molecule has 1 amide bonds. The number of aryl methyl sites for hydroxylation is 1. The molecule has 1 aliphatic carbocycles. The normalized spacial score (nSPS) is 13.2. The number of amides is 1. The monoisotopic (exact) mass is 424 g/mol. The highest BCUT2D eigenvalue weighted by Gasteiger charge is 2.26. The highest BCUT2D eigenvalue weighted by atomic mass is 16.1. The summed E-state index contributed by atoms with van der Waals surface area (Å²) in [6.45, 7) is 2.14. The van der Waals surface area contributed by atoms with E-state index in [1.54, 1.807) is 18.6 Å². The number of anilines is 1. The van der Waals surface area contributed by atoms with Gasteiger partial charge in [0.25, 0.3) is 5.91 Å². The molecule has 0 unspecified atom stereocenters. The molecule has 1 N–H and O–H groups in total. The van der Waals surface area contributed by atoms with Crippen molar-refractivity contribution < 1.29 is 4.79 Å². The summed E-state index contributed by atoms with van der Waals surface area (Å²) in [5.41, 5.74) is 4.91. The Morgan fingerprint density at radius 3 is 2.75 bits per heavy atom. The molecular formula is C25H24N6O. The first-order valence-corrected chi connectivity index (χ1v) is 10.9. The van der Waals surface area contributed by atoms with Crippen LogP contribution in [0.4, 0.5) is 5.69 Å². The Labute approximate surface area is 186 Å². The Morgan fingerprint density at radius 1 is 1.06 bits per heavy atom. The number of benzene rings is 1. The fraction of sp³-hybridized carbons (Fsp3) is 0.240. The van der Waals surface area contributed by atoms with Crippen molar-refractivity contribution in [1.29, 1.82) is 0 Å². The van der Waals surface area contributed by atoms with Gasteiger partial charge in [0, 0.05) is 40.9 Å². The number of carbonyl (C=O) groups is 1. The molecule has 1 fully saturated rings. The molecule has 32 heavy (non-hydrogen) atoms. The van der Waals surface area contributed by atoms with Gasteiger partial charge in [0.2, 0.25) is 0 Å². The molecular weight excluding hydrogens is 400 g/mol. The number of nitrogens with one attached hydrogen (secondary N) is 1. The van der Waals surface area contributed by atoms with Gasteiger partial charge in [-0.2, -0.15) is 0 Å². The van der Waals surface area contributed by atoms with Crippen LogP contribution in [0, 0.1) is 0 Å². The van der Waals surface area contributed by atoms with Crippen molar-refractivity contribution in [2.75, 3.05) is 5.32 Å². The molecule has 3 aromatic heterocycles. The zero-order valence-corrected chi connectivity index (χ0v) is 17.9. The fourth-order valence-corrected chi connectivity index (χ4v) is 3.73. The van der Waals surface area contributed by atoms with Gasteiger partial charge in [-0.05, 0) is 55.2 Å². The van der Waals surface area contributed by atoms with Crippen LogP contribution in [0.2, 0.25) is 0 Å². The van der Waals surface area contributed by atoms with Gasteiger partial charge in [-0.3, -0.25) is 14.8 Å². The third-order valence-corrected chi connectivity index (χ3v) is 5.55. The van der Waals surface area contributed by atoms with E-state index in [1.165, 1.54) is 0 Å². The first-order valence-electron chi connectivity index (χ1n) is 10.9. The Kier molecular flexibility index (Phi) is 5.46. The van der Waals surface area contributed by atoms with Crippen molar-refractivity contribution in [2.45, 2.75) is 38.6 Å². The molecule has 0 radical (unpaired) electrons. The van der Waals surface area contributed by atoms with E-state index in [9.17, 15) is 4.79 Å². The predicted octanol–water partition coefficient (Wildman–Crippen LogP) is 4.94. The second kappa shape index (κ2) is 8.70. The maximum Gasteiger partial charge on any atom is 0.274 e. The standard InChI is InChI=1S/C25H24N6O/c1-2-4-20-8-7-19(15-27-20)17-11-12-26-23(14-17)25(32)29-21-6-3-5-18(13-21)24-30-28-16-31(24)22-9-10-22/h3,5-8,11-16,22H,2,4,9-10H2,1H3,(H,29,32). The Balaban J connectivity index is 1.34. The Hall–Kier alpha value is -3.87. The lowest BCUT2D eigenvalue weighted by atomic mass is 10.1. The lowest BCUT2D eigenvalue weighted by Gasteiger charge is -2.09. The molecule has 1 aliphatic rings. The molecule has 0 atom stereocenters. The van der Waals surface area contributed by atoms with Gasteiger partial charge in [-0.25, -0.2) is 0 Å². The summed E-state index contributed by atoms with van der Waals surface area (Å²) >= 11 is 0. The minimum Gasteiger partial charge on any atom is -0.321 e. The lowest BCUT2D eigenvalue weighted by molar-refractivity contribution is 0.102. The van der Waals surface area contributed by atoms with E-state index in [2.05, 4.69) is 37.0 Å². The van der Waals surface area contributed by atoms with E-state index in [-0.39, 0.29) is 5.91 Å². The van der Waals surface area contributed by atoms with Crippen LogP contribution in [0.1, 0.15) is 48.4 Å². The van der Waals surface area contributed by atoms with Crippen molar-refractivity contribution in [3.05, 3.63) is 78.6 Å². The quantitative estimate of drug-likeness (QED) is 0.454. The van der Waals surface area contributed by atoms with Gasteiger partial charge in [-0.15, -0.1) is 10.2 Å². The van der Waals surface area contributed by atoms with Crippen LogP contribution >= 0.6 is 0 Å². The molecule has 1 saturated carbocycles. The largest absolute Gasteiger partial charge is 0.321 e. The molecule has 7 nitrogen and oxygen atoms in total. The number of nitrogens with zero attached hydrogens (tertiary/aromatic N) is 5. The summed E-state index contributed by atoms with van der Waals surface area (Å²) in [6.07, 6.45) is 9.60. The molecule has 0 bridgehead atoms. The van der Waals surface area contributed by atoms with Gasteiger partial charge < -0.3 is 9.88 Å². The number of hydrogen-bond acceptors (Lipinski definition) is 5. The topological polar surface area (TPSA) is 85.6 Å². The molecule has 0 aliphatic heterocycles. The molecule has 0 saturated heterocycles. The summed E-state index contributed by atoms with van der Waals surface area (Å²) in [5.74, 6) is 0.561. The molecule has 5 rings (SSSR count). The Morgan fingerprint density at radius 2 is 1.97 bits per heavy atom. The third kappa shape index (κ3) is 4.27. The van der Waals surface area contributed by atoms with Gasteiger partial charge in [0.15, 0.2) is 5.82 Å². The van der Waals surface area contributed by atoms with E-state index >= 15 is 0 Å². The highest BCUT2D eigenvalue weighted by Crippen LogP contribution is 2.37. The van der Waals surface area contributed by atoms with Crippen molar-refractivity contribution in [2.24, 2.45) is 0 Å². The van der Waals surface area contributed by atoms with Gasteiger partial charge in [-0.1, -0.05) is 31.5 Å². The number of pyridine rings is 2. The minimum absolute atomic E-state index is 0.261. The average Bonchev–Trinajstić information content (AvgIpc) is 3.56. The second-order valence-corrected chi connectivity index (χ2v) is 8.05. The molecule has 3 heterocycles. The minimum atomic E-state index is -0.261. The van der Waals surface area contributed by atoms with Crippen LogP contribution in [0.5, 0.6) is 0 Å². The highest BCUT2D eigenvalue weighted by molar-refractivity contribution is 6.03. The number of carbonyl (C=O) groups excluding carboxylic acids is 1. The summed E-state index contributed by atoms with van der Waals surface area (Å²) in [5, 5.41) is 11.3. The number of rotatable bonds is 7. The summed E-state index contributed by atoms with van der Waals surface area (Å²) < 4.78 is 2.10. The summed E-state index contributed by atoms with van der Waals surface area (Å²) in [6, 6.07) is 15.9. The van der Waals surface area contributed by atoms with Crippen LogP contribution in [-0.4, -0.2) is 30.6 Å². The number of aromatic nitrogens is 5. The smallest absolute Gasteiger partial charge is 0.274 e. The van der Waals surface area contributed by atoms with Crippen LogP contribution in [0.25, 0.3) is 22.5 Å². The van der Waals surface area contributed by atoms with Gasteiger partial charge >= 0.3 is 0 Å². The molecule has 1 aromatic carbocycles. The van der Waals surface area contributed by atoms with Crippen molar-refractivity contribution in [1.82, 2.24) is 24.7 Å². The lowest BCUT2D eigenvalue weighted by Crippen LogP contribution is -2.13. The van der Waals surface area contributed by atoms with Crippen LogP contribution in [0.15, 0.2) is 67.3 Å². The predicted molar refractivity (Wildman–Crippen MR) is 123 cm³/mol. The number of hydrogen-bond donors (Lipinski definition) is 1. The zero-order chi connectivity index (χ0) is 21.9. The average molecular weight is 425 g/mol. The van der Waals surface area contributed by atoms with Crippen molar-refractivity contribution in [3.8, 4) is 22.5 Å². The van der Waals surface area contributed by atoms with Gasteiger partial charge in [0.05, 0.1) is 0 Å². The van der Waals surface area contributed by atoms with Crippen molar-refractivity contribution >= 4 is 11.6 Å².